The van der Waals surface area contributed by atoms with Gasteiger partial charge >= 0.3 is 0 Å². The molecule has 1 atom stereocenters. The van der Waals surface area contributed by atoms with Crippen LogP contribution in [-0.2, 0) is 0 Å². The summed E-state index contributed by atoms with van der Waals surface area (Å²) >= 11 is 2.22. The quantitative estimate of drug-likeness (QED) is 0.719. The fourth-order valence-corrected chi connectivity index (χ4v) is 3.89. The molecule has 1 aliphatic heterocycles. The number of hydrogen-bond donors (Lipinski definition) is 1. The first-order chi connectivity index (χ1) is 10.9. The second-order valence-electron chi connectivity index (χ2n) is 6.61. The van der Waals surface area contributed by atoms with E-state index in [0.717, 1.165) is 32.4 Å². The number of nitrogens with one attached hydrogen (secondary N) is 1. The third-order valence-corrected chi connectivity index (χ3v) is 4.94. The summed E-state index contributed by atoms with van der Waals surface area (Å²) < 4.78 is 7.00. The van der Waals surface area contributed by atoms with Crippen molar-refractivity contribution >= 4 is 28.5 Å². The van der Waals surface area contributed by atoms with Gasteiger partial charge in [-0.2, -0.15) is 0 Å². The minimum atomic E-state index is -0.299. The Labute approximate surface area is 150 Å². The van der Waals surface area contributed by atoms with Gasteiger partial charge < -0.3 is 10.1 Å². The molecule has 0 aliphatic carbocycles. The molecule has 3 rings (SSSR count). The van der Waals surface area contributed by atoms with E-state index in [2.05, 4.69) is 41.8 Å². The Morgan fingerprint density at radius 3 is 2.74 bits per heavy atom. The van der Waals surface area contributed by atoms with Gasteiger partial charge in [0.2, 0.25) is 0 Å². The van der Waals surface area contributed by atoms with Crippen LogP contribution in [0.1, 0.15) is 47.8 Å². The molecule has 0 saturated carbocycles. The van der Waals surface area contributed by atoms with Gasteiger partial charge in [0.05, 0.1) is 11.6 Å². The van der Waals surface area contributed by atoms with E-state index in [1.54, 1.807) is 0 Å². The van der Waals surface area contributed by atoms with Crippen molar-refractivity contribution in [3.05, 3.63) is 62.7 Å². The smallest absolute Gasteiger partial charge is 0.252 e. The molecule has 1 heterocycles. The predicted molar refractivity (Wildman–Crippen MR) is 99.9 cm³/mol. The van der Waals surface area contributed by atoms with Gasteiger partial charge in [0, 0.05) is 15.6 Å². The van der Waals surface area contributed by atoms with Crippen molar-refractivity contribution in [1.82, 2.24) is 5.32 Å². The van der Waals surface area contributed by atoms with Crippen LogP contribution >= 0.6 is 22.6 Å². The van der Waals surface area contributed by atoms with Crippen LogP contribution < -0.4 is 10.1 Å². The summed E-state index contributed by atoms with van der Waals surface area (Å²) in [5, 5.41) is 3.18. The molecular formula is C19H20INO2. The summed E-state index contributed by atoms with van der Waals surface area (Å²) in [4.78, 5) is 12.7. The number of aryl methyl sites for hydroxylation is 1. The maximum atomic E-state index is 12.7. The molecular weight excluding hydrogens is 401 g/mol. The van der Waals surface area contributed by atoms with Gasteiger partial charge in [-0.15, -0.1) is 0 Å². The molecule has 1 unspecified atom stereocenters. The normalized spacial score (nSPS) is 18.7. The molecule has 2 aromatic carbocycles. The number of para-hydroxylation sites is 1. The Morgan fingerprint density at radius 2 is 2.00 bits per heavy atom. The van der Waals surface area contributed by atoms with E-state index in [4.69, 9.17) is 4.74 Å². The van der Waals surface area contributed by atoms with Crippen LogP contribution in [0.5, 0.6) is 5.75 Å². The molecule has 1 N–H and O–H groups in total. The molecule has 0 radical (unpaired) electrons. The van der Waals surface area contributed by atoms with Crippen LogP contribution in [0.4, 0.5) is 0 Å². The summed E-state index contributed by atoms with van der Waals surface area (Å²) in [5.41, 5.74) is 2.62. The van der Waals surface area contributed by atoms with E-state index in [1.807, 2.05) is 49.4 Å². The third kappa shape index (κ3) is 3.52. The van der Waals surface area contributed by atoms with Crippen molar-refractivity contribution in [2.45, 2.75) is 38.8 Å². The SMILES string of the molecule is Cc1ccc(C(=O)NC2CC(C)(C)Oc3ccccc32)c(I)c1. The molecule has 0 saturated heterocycles. The maximum Gasteiger partial charge on any atom is 0.252 e. The van der Waals surface area contributed by atoms with Crippen molar-refractivity contribution in [2.24, 2.45) is 0 Å². The van der Waals surface area contributed by atoms with Crippen molar-refractivity contribution in [3.8, 4) is 5.75 Å². The zero-order chi connectivity index (χ0) is 16.6. The highest BCUT2D eigenvalue weighted by atomic mass is 127. The number of carbonyl (C=O) groups is 1. The zero-order valence-electron chi connectivity index (χ0n) is 13.5. The van der Waals surface area contributed by atoms with Crippen LogP contribution in [0.15, 0.2) is 42.5 Å². The number of fused-ring (bicyclic) bond motifs is 1. The van der Waals surface area contributed by atoms with Crippen LogP contribution in [0.3, 0.4) is 0 Å². The summed E-state index contributed by atoms with van der Waals surface area (Å²) in [5.74, 6) is 0.819. The minimum absolute atomic E-state index is 0.0353. The molecule has 0 aromatic heterocycles. The second-order valence-corrected chi connectivity index (χ2v) is 7.78. The third-order valence-electron chi connectivity index (χ3n) is 4.05. The second kappa shape index (κ2) is 6.15. The first-order valence-electron chi connectivity index (χ1n) is 7.71. The fraction of sp³-hybridized carbons (Fsp3) is 0.316. The average molecular weight is 421 g/mol. The summed E-state index contributed by atoms with van der Waals surface area (Å²) in [6.45, 7) is 6.14. The van der Waals surface area contributed by atoms with E-state index in [-0.39, 0.29) is 17.6 Å². The number of benzene rings is 2. The molecule has 1 aliphatic rings. The van der Waals surface area contributed by atoms with Gasteiger partial charge in [-0.3, -0.25) is 4.79 Å². The lowest BCUT2D eigenvalue weighted by Crippen LogP contribution is -2.41. The number of hydrogen-bond acceptors (Lipinski definition) is 2. The molecule has 0 spiro atoms. The summed E-state index contributed by atoms with van der Waals surface area (Å²) in [6.07, 6.45) is 0.748. The van der Waals surface area contributed by atoms with Gasteiger partial charge in [-0.05, 0) is 61.6 Å². The fourth-order valence-electron chi connectivity index (χ4n) is 2.97. The largest absolute Gasteiger partial charge is 0.487 e. The lowest BCUT2D eigenvalue weighted by Gasteiger charge is -2.37. The highest BCUT2D eigenvalue weighted by molar-refractivity contribution is 14.1. The molecule has 1 amide bonds. The van der Waals surface area contributed by atoms with Gasteiger partial charge in [0.25, 0.3) is 5.91 Å². The average Bonchev–Trinajstić information content (AvgIpc) is 2.45. The lowest BCUT2D eigenvalue weighted by atomic mass is 9.89. The number of amides is 1. The first kappa shape index (κ1) is 16.3. The van der Waals surface area contributed by atoms with Gasteiger partial charge in [0.1, 0.15) is 11.4 Å². The van der Waals surface area contributed by atoms with Gasteiger partial charge in [-0.25, -0.2) is 0 Å². The lowest BCUT2D eigenvalue weighted by molar-refractivity contribution is 0.0619. The molecule has 120 valence electrons. The van der Waals surface area contributed by atoms with E-state index >= 15 is 0 Å². The number of rotatable bonds is 2. The monoisotopic (exact) mass is 421 g/mol. The Morgan fingerprint density at radius 1 is 1.26 bits per heavy atom. The zero-order valence-corrected chi connectivity index (χ0v) is 15.7. The van der Waals surface area contributed by atoms with Crippen LogP contribution in [0.2, 0.25) is 0 Å². The predicted octanol–water partition coefficient (Wildman–Crippen LogP) is 4.63. The summed E-state index contributed by atoms with van der Waals surface area (Å²) in [7, 11) is 0. The van der Waals surface area contributed by atoms with E-state index in [0.29, 0.717) is 0 Å². The Kier molecular flexibility index (Phi) is 4.36. The van der Waals surface area contributed by atoms with E-state index < -0.39 is 0 Å². The molecule has 3 nitrogen and oxygen atoms in total. The topological polar surface area (TPSA) is 38.3 Å². The van der Waals surface area contributed by atoms with Gasteiger partial charge in [-0.1, -0.05) is 29.8 Å². The number of halogens is 1. The molecule has 23 heavy (non-hydrogen) atoms. The van der Waals surface area contributed by atoms with Crippen molar-refractivity contribution in [2.75, 3.05) is 0 Å². The van der Waals surface area contributed by atoms with Crippen LogP contribution in [-0.4, -0.2) is 11.5 Å². The van der Waals surface area contributed by atoms with E-state index in [9.17, 15) is 4.79 Å². The van der Waals surface area contributed by atoms with E-state index in [1.165, 1.54) is 0 Å². The Bertz CT molecular complexity index is 755. The van der Waals surface area contributed by atoms with Crippen molar-refractivity contribution in [1.29, 1.82) is 0 Å². The molecule has 4 heteroatoms. The molecule has 0 fully saturated rings. The molecule has 0 bridgehead atoms. The van der Waals surface area contributed by atoms with Crippen LogP contribution in [0, 0.1) is 10.5 Å². The first-order valence-corrected chi connectivity index (χ1v) is 8.78. The highest BCUT2D eigenvalue weighted by Crippen LogP contribution is 2.39. The highest BCUT2D eigenvalue weighted by Gasteiger charge is 2.34. The molecule has 2 aromatic rings. The summed E-state index contributed by atoms with van der Waals surface area (Å²) in [6, 6.07) is 13.8. The van der Waals surface area contributed by atoms with Gasteiger partial charge in [0.15, 0.2) is 0 Å². The minimum Gasteiger partial charge on any atom is -0.487 e. The number of carbonyl (C=O) groups excluding carboxylic acids is 1. The van der Waals surface area contributed by atoms with Crippen molar-refractivity contribution in [3.63, 3.8) is 0 Å². The Balaban J connectivity index is 1.88. The number of ether oxygens (including phenoxy) is 1. The maximum absolute atomic E-state index is 12.7. The standard InChI is InChI=1S/C19H20INO2/c1-12-8-9-13(15(20)10-12)18(22)21-16-11-19(2,3)23-17-7-5-4-6-14(16)17/h4-10,16H,11H2,1-3H3,(H,21,22). The Hall–Kier alpha value is -1.56. The van der Waals surface area contributed by atoms with Crippen molar-refractivity contribution < 1.29 is 9.53 Å². The van der Waals surface area contributed by atoms with Crippen LogP contribution in [0.25, 0.3) is 0 Å².